The van der Waals surface area contributed by atoms with Crippen LogP contribution in [0, 0.1) is 5.82 Å². The van der Waals surface area contributed by atoms with Gasteiger partial charge in [0.15, 0.2) is 11.6 Å². The van der Waals surface area contributed by atoms with Crippen molar-refractivity contribution in [3.8, 4) is 5.75 Å². The predicted molar refractivity (Wildman–Crippen MR) is 56.7 cm³/mol. The van der Waals surface area contributed by atoms with Gasteiger partial charge in [-0.05, 0) is 17.7 Å². The first kappa shape index (κ1) is 12.4. The highest BCUT2D eigenvalue weighted by Crippen LogP contribution is 2.16. The largest absolute Gasteiger partial charge is 0.505 e. The number of methoxy groups -OCH3 is 1. The van der Waals surface area contributed by atoms with Gasteiger partial charge in [-0.15, -0.1) is 0 Å². The second-order valence-electron chi connectivity index (χ2n) is 3.31. The van der Waals surface area contributed by atoms with Crippen molar-refractivity contribution in [3.05, 3.63) is 29.6 Å². The Bertz CT molecular complexity index is 368. The first-order valence-corrected chi connectivity index (χ1v) is 4.86. The molecular weight excluding hydrogens is 213 g/mol. The minimum absolute atomic E-state index is 0.109. The molecule has 4 nitrogen and oxygen atoms in total. The second-order valence-corrected chi connectivity index (χ2v) is 3.31. The monoisotopic (exact) mass is 227 g/mol. The number of aromatic hydroxyl groups is 1. The van der Waals surface area contributed by atoms with Crippen molar-refractivity contribution in [1.29, 1.82) is 0 Å². The smallest absolute Gasteiger partial charge is 0.224 e. The van der Waals surface area contributed by atoms with E-state index < -0.39 is 11.6 Å². The minimum Gasteiger partial charge on any atom is -0.505 e. The fraction of sp³-hybridized carbons (Fsp3) is 0.364. The number of halogens is 1. The van der Waals surface area contributed by atoms with Crippen LogP contribution in [0.15, 0.2) is 18.2 Å². The van der Waals surface area contributed by atoms with E-state index >= 15 is 0 Å². The summed E-state index contributed by atoms with van der Waals surface area (Å²) in [4.78, 5) is 11.3. The van der Waals surface area contributed by atoms with E-state index in [0.29, 0.717) is 18.7 Å². The first-order valence-electron chi connectivity index (χ1n) is 4.86. The molecule has 1 rings (SSSR count). The molecule has 1 amide bonds. The molecule has 0 fully saturated rings. The van der Waals surface area contributed by atoms with Gasteiger partial charge in [0.25, 0.3) is 0 Å². The number of phenols is 1. The Kier molecular flexibility index (Phi) is 4.72. The van der Waals surface area contributed by atoms with Gasteiger partial charge in [-0.1, -0.05) is 6.07 Å². The lowest BCUT2D eigenvalue weighted by atomic mass is 10.1. The average Bonchev–Trinajstić information content (AvgIpc) is 2.24. The molecule has 0 heterocycles. The Balaban J connectivity index is 2.46. The number of benzene rings is 1. The number of hydrogen-bond donors (Lipinski definition) is 2. The van der Waals surface area contributed by atoms with Crippen LogP contribution < -0.4 is 5.32 Å². The average molecular weight is 227 g/mol. The fourth-order valence-corrected chi connectivity index (χ4v) is 1.21. The minimum atomic E-state index is -0.691. The molecule has 5 heteroatoms. The summed E-state index contributed by atoms with van der Waals surface area (Å²) in [5.41, 5.74) is 0.564. The zero-order chi connectivity index (χ0) is 12.0. The van der Waals surface area contributed by atoms with E-state index in [0.717, 1.165) is 6.07 Å². The van der Waals surface area contributed by atoms with Crippen molar-refractivity contribution in [3.63, 3.8) is 0 Å². The quantitative estimate of drug-likeness (QED) is 0.733. The van der Waals surface area contributed by atoms with Crippen molar-refractivity contribution in [1.82, 2.24) is 5.32 Å². The van der Waals surface area contributed by atoms with Crippen LogP contribution in [0.3, 0.4) is 0 Å². The molecule has 16 heavy (non-hydrogen) atoms. The van der Waals surface area contributed by atoms with Crippen LogP contribution in [0.1, 0.15) is 5.56 Å². The summed E-state index contributed by atoms with van der Waals surface area (Å²) in [6, 6.07) is 3.84. The zero-order valence-corrected chi connectivity index (χ0v) is 9.00. The zero-order valence-electron chi connectivity index (χ0n) is 9.00. The molecule has 88 valence electrons. The van der Waals surface area contributed by atoms with E-state index in [1.165, 1.54) is 12.1 Å². The van der Waals surface area contributed by atoms with E-state index in [4.69, 9.17) is 9.84 Å². The molecule has 0 aliphatic heterocycles. The molecule has 0 aliphatic rings. The van der Waals surface area contributed by atoms with Gasteiger partial charge in [0, 0.05) is 13.7 Å². The highest BCUT2D eigenvalue weighted by molar-refractivity contribution is 5.78. The molecule has 0 spiro atoms. The molecule has 0 unspecified atom stereocenters. The van der Waals surface area contributed by atoms with Crippen LogP contribution in [0.5, 0.6) is 5.75 Å². The van der Waals surface area contributed by atoms with Gasteiger partial charge in [-0.2, -0.15) is 0 Å². The third-order valence-electron chi connectivity index (χ3n) is 2.00. The topological polar surface area (TPSA) is 58.6 Å². The second kappa shape index (κ2) is 6.07. The molecule has 0 aromatic heterocycles. The van der Waals surface area contributed by atoms with Crippen molar-refractivity contribution >= 4 is 5.91 Å². The summed E-state index contributed by atoms with van der Waals surface area (Å²) in [6.45, 7) is 0.878. The fourth-order valence-electron chi connectivity index (χ4n) is 1.21. The molecule has 0 saturated heterocycles. The van der Waals surface area contributed by atoms with Crippen molar-refractivity contribution in [2.45, 2.75) is 6.42 Å². The predicted octanol–water partition coefficient (Wildman–Crippen LogP) is 0.836. The Morgan fingerprint density at radius 2 is 2.31 bits per heavy atom. The van der Waals surface area contributed by atoms with Crippen LogP contribution in [-0.4, -0.2) is 31.3 Å². The summed E-state index contributed by atoms with van der Waals surface area (Å²) in [5.74, 6) is -1.33. The number of carbonyl (C=O) groups excluding carboxylic acids is 1. The third-order valence-corrected chi connectivity index (χ3v) is 2.00. The molecule has 2 N–H and O–H groups in total. The Morgan fingerprint density at radius 1 is 1.56 bits per heavy atom. The van der Waals surface area contributed by atoms with Crippen LogP contribution in [0.4, 0.5) is 4.39 Å². The number of nitrogens with one attached hydrogen (secondary N) is 1. The number of carbonyl (C=O) groups is 1. The van der Waals surface area contributed by atoms with Crippen LogP contribution in [0.25, 0.3) is 0 Å². The summed E-state index contributed by atoms with van der Waals surface area (Å²) >= 11 is 0. The maximum atomic E-state index is 12.7. The van der Waals surface area contributed by atoms with E-state index in [1.54, 1.807) is 7.11 Å². The first-order chi connectivity index (χ1) is 7.63. The number of ether oxygens (including phenoxy) is 1. The maximum absolute atomic E-state index is 12.7. The lowest BCUT2D eigenvalue weighted by Gasteiger charge is -2.05. The molecular formula is C11H14FNO3. The summed E-state index contributed by atoms with van der Waals surface area (Å²) < 4.78 is 17.5. The number of amides is 1. The van der Waals surface area contributed by atoms with E-state index in [2.05, 4.69) is 5.32 Å². The maximum Gasteiger partial charge on any atom is 0.224 e. The SMILES string of the molecule is COCCNC(=O)Cc1ccc(F)c(O)c1. The summed E-state index contributed by atoms with van der Waals surface area (Å²) in [7, 11) is 1.55. The molecule has 0 radical (unpaired) electrons. The molecule has 0 bridgehead atoms. The van der Waals surface area contributed by atoms with Gasteiger partial charge in [-0.3, -0.25) is 4.79 Å². The van der Waals surface area contributed by atoms with Gasteiger partial charge >= 0.3 is 0 Å². The summed E-state index contributed by atoms with van der Waals surface area (Å²) in [5, 5.41) is 11.7. The number of phenolic OH excluding ortho intramolecular Hbond substituents is 1. The third kappa shape index (κ3) is 3.86. The number of hydrogen-bond acceptors (Lipinski definition) is 3. The van der Waals surface area contributed by atoms with Gasteiger partial charge in [0.05, 0.1) is 13.0 Å². The Morgan fingerprint density at radius 3 is 2.94 bits per heavy atom. The highest BCUT2D eigenvalue weighted by atomic mass is 19.1. The number of rotatable bonds is 5. The molecule has 1 aromatic carbocycles. The van der Waals surface area contributed by atoms with Crippen molar-refractivity contribution in [2.75, 3.05) is 20.3 Å². The van der Waals surface area contributed by atoms with Crippen molar-refractivity contribution in [2.24, 2.45) is 0 Å². The highest BCUT2D eigenvalue weighted by Gasteiger charge is 2.05. The Hall–Kier alpha value is -1.62. The lowest BCUT2D eigenvalue weighted by molar-refractivity contribution is -0.120. The molecule has 0 atom stereocenters. The standard InChI is InChI=1S/C11H14FNO3/c1-16-5-4-13-11(15)7-8-2-3-9(12)10(14)6-8/h2-3,6,14H,4-5,7H2,1H3,(H,13,15). The summed E-state index contributed by atoms with van der Waals surface area (Å²) in [6.07, 6.45) is 0.109. The van der Waals surface area contributed by atoms with E-state index in [9.17, 15) is 9.18 Å². The van der Waals surface area contributed by atoms with Crippen LogP contribution in [-0.2, 0) is 16.0 Å². The van der Waals surface area contributed by atoms with Crippen molar-refractivity contribution < 1.29 is 19.0 Å². The molecule has 0 saturated carbocycles. The lowest BCUT2D eigenvalue weighted by Crippen LogP contribution is -2.28. The van der Waals surface area contributed by atoms with Gasteiger partial charge in [-0.25, -0.2) is 4.39 Å². The van der Waals surface area contributed by atoms with Crippen LogP contribution >= 0.6 is 0 Å². The van der Waals surface area contributed by atoms with E-state index in [-0.39, 0.29) is 12.3 Å². The van der Waals surface area contributed by atoms with Crippen LogP contribution in [0.2, 0.25) is 0 Å². The Labute approximate surface area is 93.0 Å². The van der Waals surface area contributed by atoms with Gasteiger partial charge in [0.1, 0.15) is 0 Å². The normalized spacial score (nSPS) is 10.1. The van der Waals surface area contributed by atoms with Gasteiger partial charge < -0.3 is 15.2 Å². The van der Waals surface area contributed by atoms with Gasteiger partial charge in [0.2, 0.25) is 5.91 Å². The molecule has 1 aromatic rings. The van der Waals surface area contributed by atoms with E-state index in [1.807, 2.05) is 0 Å². The molecule has 0 aliphatic carbocycles.